The van der Waals surface area contributed by atoms with E-state index in [-0.39, 0.29) is 0 Å². The van der Waals surface area contributed by atoms with Gasteiger partial charge in [0, 0.05) is 0 Å². The molecule has 0 rings (SSSR count). The van der Waals surface area contributed by atoms with Crippen molar-refractivity contribution in [2.24, 2.45) is 0 Å². The first-order valence-electron chi connectivity index (χ1n) is 1.41. The maximum Gasteiger partial charge on any atom is 0.394 e. The average molecular weight is 197 g/mol. The van der Waals surface area contributed by atoms with Crippen molar-refractivity contribution < 1.29 is 30.2 Å². The van der Waals surface area contributed by atoms with Crippen molar-refractivity contribution in [2.75, 3.05) is 0 Å². The second-order valence-corrected chi connectivity index (χ2v) is 2.72. The van der Waals surface area contributed by atoms with E-state index in [4.69, 9.17) is 31.1 Å². The third-order valence-electron chi connectivity index (χ3n) is 0. The van der Waals surface area contributed by atoms with Gasteiger partial charge in [-0.25, -0.2) is 4.78 Å². The van der Waals surface area contributed by atoms with Crippen molar-refractivity contribution >= 4 is 20.8 Å². The van der Waals surface area contributed by atoms with Crippen LogP contribution in [0.3, 0.4) is 0 Å². The first kappa shape index (κ1) is 12.4. The van der Waals surface area contributed by atoms with Gasteiger partial charge in [-0.15, -0.1) is 0 Å². The fraction of sp³-hybridized carbons (Fsp3) is 0. The fourth-order valence-electron chi connectivity index (χ4n) is 0. The van der Waals surface area contributed by atoms with Crippen LogP contribution in [0.5, 0.6) is 0 Å². The lowest BCUT2D eigenvalue weighted by molar-refractivity contribution is 0.381. The van der Waals surface area contributed by atoms with E-state index < -0.39 is 20.8 Å². The van der Waals surface area contributed by atoms with Gasteiger partial charge in [-0.3, -0.25) is 13.7 Å². The molecule has 1 unspecified atom stereocenters. The third-order valence-corrected chi connectivity index (χ3v) is 0. The van der Waals surface area contributed by atoms with Crippen LogP contribution in [-0.2, 0) is 20.8 Å². The first-order valence-corrected chi connectivity index (χ1v) is 4.22. The summed E-state index contributed by atoms with van der Waals surface area (Å²) >= 11 is 0. The molecule has 0 aliphatic heterocycles. The Bertz CT molecular complexity index is 212. The van der Waals surface area contributed by atoms with Crippen molar-refractivity contribution in [3.05, 3.63) is 0 Å². The molecule has 64 valence electrons. The molecule has 0 saturated carbocycles. The van der Waals surface area contributed by atoms with E-state index in [2.05, 4.69) is 0 Å². The lowest BCUT2D eigenvalue weighted by atomic mass is 14.0. The van der Waals surface area contributed by atoms with Crippen LogP contribution in [-0.4, -0.2) is 26.3 Å². The van der Waals surface area contributed by atoms with Crippen LogP contribution >= 0.6 is 0 Å². The summed E-state index contributed by atoms with van der Waals surface area (Å²) in [5.74, 6) is 0. The lowest BCUT2D eigenvalue weighted by Crippen LogP contribution is -1.89. The molecule has 0 amide bonds. The summed E-state index contributed by atoms with van der Waals surface area (Å²) in [6.45, 7) is 0. The monoisotopic (exact) mass is 197 g/mol. The van der Waals surface area contributed by atoms with Crippen LogP contribution in [0.15, 0.2) is 0 Å². The molecule has 0 aliphatic carbocycles. The minimum absolute atomic E-state index is 4.67. The van der Waals surface area contributed by atoms with E-state index in [1.54, 1.807) is 0 Å². The zero-order valence-electron chi connectivity index (χ0n) is 4.26. The normalized spacial score (nSPS) is 16.4. The number of hydrogen-bond donors (Lipinski definition) is 4. The Morgan fingerprint density at radius 1 is 1.10 bits per heavy atom. The fourth-order valence-corrected chi connectivity index (χ4v) is 0. The molecular weight excluding hydrogens is 193 g/mol. The summed E-state index contributed by atoms with van der Waals surface area (Å²) in [6.07, 6.45) is 0. The molecule has 0 aliphatic rings. The standard InChI is InChI=1S/FH2NO2S.H2O4S/c2*1-5(2,3)4/h(H2,2,3,4);(H2,1,2,3,4). The predicted octanol–water partition coefficient (Wildman–Crippen LogP) is -0.262. The third kappa shape index (κ3) is 4130. The Morgan fingerprint density at radius 3 is 1.10 bits per heavy atom. The Hall–Kier alpha value is -0.290. The molecule has 10 heavy (non-hydrogen) atoms. The zero-order chi connectivity index (χ0) is 9.00. The molecule has 0 radical (unpaired) electrons. The van der Waals surface area contributed by atoms with E-state index in [0.29, 0.717) is 0 Å². The summed E-state index contributed by atoms with van der Waals surface area (Å²) < 4.78 is 63.2. The van der Waals surface area contributed by atoms with Crippen LogP contribution in [0.2, 0.25) is 0 Å². The van der Waals surface area contributed by atoms with Gasteiger partial charge in [-0.2, -0.15) is 12.6 Å². The van der Waals surface area contributed by atoms with Gasteiger partial charge in [-0.05, 0) is 0 Å². The van der Waals surface area contributed by atoms with Crippen LogP contribution in [0.4, 0.5) is 3.89 Å². The summed E-state index contributed by atoms with van der Waals surface area (Å²) in [5, 5.41) is 0. The smallest absolute Gasteiger partial charge is 0.276 e. The first-order chi connectivity index (χ1) is 4.00. The van der Waals surface area contributed by atoms with Crippen LogP contribution < -0.4 is 0 Å². The summed E-state index contributed by atoms with van der Waals surface area (Å²) in [7, 11) is -9.33. The predicted molar refractivity (Wildman–Crippen MR) is 28.8 cm³/mol. The molecule has 10 heteroatoms. The van der Waals surface area contributed by atoms with Crippen molar-refractivity contribution in [2.45, 2.75) is 0 Å². The Morgan fingerprint density at radius 2 is 1.10 bits per heavy atom. The Labute approximate surface area is 56.5 Å². The highest BCUT2D eigenvalue weighted by molar-refractivity contribution is 7.81. The summed E-state index contributed by atoms with van der Waals surface area (Å²) in [5.41, 5.74) is 0. The molecule has 0 heterocycles. The molecule has 0 bridgehead atoms. The highest BCUT2D eigenvalue weighted by atomic mass is 32.3. The van der Waals surface area contributed by atoms with Crippen molar-refractivity contribution in [1.29, 1.82) is 4.78 Å². The van der Waals surface area contributed by atoms with Gasteiger partial charge in [0.1, 0.15) is 0 Å². The van der Waals surface area contributed by atoms with Gasteiger partial charge >= 0.3 is 20.8 Å². The summed E-state index contributed by atoms with van der Waals surface area (Å²) in [4.78, 5) is 0. The number of nitrogens with one attached hydrogen (secondary N) is 1. The van der Waals surface area contributed by atoms with Crippen molar-refractivity contribution in [3.8, 4) is 0 Å². The molecule has 1 atom stereocenters. The molecule has 0 aromatic carbocycles. The number of hydrogen-bond acceptors (Lipinski definition) is 4. The van der Waals surface area contributed by atoms with E-state index >= 15 is 0 Å². The molecular formula is H4FNO6S2. The van der Waals surface area contributed by atoms with Crippen LogP contribution in [0.25, 0.3) is 0 Å². The van der Waals surface area contributed by atoms with Crippen molar-refractivity contribution in [1.82, 2.24) is 0 Å². The lowest BCUT2D eigenvalue weighted by Gasteiger charge is -1.68. The minimum Gasteiger partial charge on any atom is -0.276 e. The molecule has 0 spiro atoms. The molecule has 0 aromatic rings. The van der Waals surface area contributed by atoms with Gasteiger partial charge < -0.3 is 0 Å². The second-order valence-electron chi connectivity index (χ2n) is 0.906. The topological polar surface area (TPSA) is 136 Å². The number of halogens is 1. The van der Waals surface area contributed by atoms with E-state index in [9.17, 15) is 3.89 Å². The SMILES string of the molecule is N=S(=O)(O)F.O=S(=O)(O)O. The Balaban J connectivity index is 0. The minimum atomic E-state index is -4.67. The average Bonchev–Trinajstić information content (AvgIpc) is 1.12. The molecule has 0 fully saturated rings. The van der Waals surface area contributed by atoms with E-state index in [0.717, 1.165) is 0 Å². The van der Waals surface area contributed by atoms with Crippen LogP contribution in [0.1, 0.15) is 0 Å². The molecule has 0 aromatic heterocycles. The highest BCUT2D eigenvalue weighted by Crippen LogP contribution is 1.77. The summed E-state index contributed by atoms with van der Waals surface area (Å²) in [6, 6.07) is 0. The van der Waals surface area contributed by atoms with E-state index in [1.165, 1.54) is 0 Å². The van der Waals surface area contributed by atoms with Crippen LogP contribution in [0, 0.1) is 4.78 Å². The zero-order valence-corrected chi connectivity index (χ0v) is 5.89. The molecule has 0 saturated heterocycles. The quantitative estimate of drug-likeness (QED) is 0.312. The van der Waals surface area contributed by atoms with Gasteiger partial charge in [0.15, 0.2) is 0 Å². The molecule has 7 nitrogen and oxygen atoms in total. The Kier molecular flexibility index (Phi) is 4.68. The second kappa shape index (κ2) is 3.78. The van der Waals surface area contributed by atoms with E-state index in [1.807, 2.05) is 0 Å². The van der Waals surface area contributed by atoms with Crippen molar-refractivity contribution in [3.63, 3.8) is 0 Å². The maximum atomic E-state index is 10.4. The largest absolute Gasteiger partial charge is 0.394 e. The highest BCUT2D eigenvalue weighted by Gasteiger charge is 1.84. The maximum absolute atomic E-state index is 10.4. The van der Waals surface area contributed by atoms with Gasteiger partial charge in [0.05, 0.1) is 0 Å². The van der Waals surface area contributed by atoms with Gasteiger partial charge in [-0.1, -0.05) is 3.89 Å². The molecule has 4 N–H and O–H groups in total. The van der Waals surface area contributed by atoms with Gasteiger partial charge in [0.25, 0.3) is 0 Å². The number of rotatable bonds is 0. The van der Waals surface area contributed by atoms with Gasteiger partial charge in [0.2, 0.25) is 0 Å².